The molecule has 1 heterocycles. The second-order valence-electron chi connectivity index (χ2n) is 4.73. The molecule has 0 aliphatic carbocycles. The molecule has 1 saturated heterocycles. The first-order valence-electron chi connectivity index (χ1n) is 6.58. The Labute approximate surface area is 120 Å². The zero-order valence-electron chi connectivity index (χ0n) is 11.1. The zero-order chi connectivity index (χ0) is 14.5. The van der Waals surface area contributed by atoms with Gasteiger partial charge in [0.1, 0.15) is 5.75 Å². The Bertz CT molecular complexity index is 538. The van der Waals surface area contributed by atoms with Gasteiger partial charge in [0.15, 0.2) is 0 Å². The van der Waals surface area contributed by atoms with Crippen molar-refractivity contribution in [1.82, 2.24) is 4.90 Å². The van der Waals surface area contributed by atoms with E-state index in [2.05, 4.69) is 0 Å². The van der Waals surface area contributed by atoms with Crippen LogP contribution in [0.2, 0.25) is 0 Å². The highest BCUT2D eigenvalue weighted by Gasteiger charge is 2.21. The van der Waals surface area contributed by atoms with Crippen molar-refractivity contribution in [1.29, 1.82) is 0 Å². The van der Waals surface area contributed by atoms with Gasteiger partial charge in [-0.15, -0.1) is 0 Å². The Kier molecular flexibility index (Phi) is 4.89. The second kappa shape index (κ2) is 6.65. The molecule has 1 atom stereocenters. The van der Waals surface area contributed by atoms with Gasteiger partial charge in [-0.2, -0.15) is 0 Å². The third-order valence-electron chi connectivity index (χ3n) is 3.33. The molecule has 0 spiro atoms. The fourth-order valence-corrected chi connectivity index (χ4v) is 3.46. The molecule has 1 aromatic rings. The standard InChI is InChI=1S/C14H17NO4S/c16-13(15-8-4-1-5-9-15)10-20(19)12-7-3-2-6-11(12)14(17)18/h2-3,6-7H,1,4-5,8-10H2,(H,17,18)/t20-/m1/s1. The largest absolute Gasteiger partial charge is 0.478 e. The Hall–Kier alpha value is -1.69. The highest BCUT2D eigenvalue weighted by Crippen LogP contribution is 2.15. The Morgan fingerprint density at radius 1 is 1.15 bits per heavy atom. The van der Waals surface area contributed by atoms with Crippen molar-refractivity contribution >= 4 is 22.7 Å². The highest BCUT2D eigenvalue weighted by atomic mass is 32.2. The second-order valence-corrected chi connectivity index (χ2v) is 6.15. The number of likely N-dealkylation sites (tertiary alicyclic amines) is 1. The molecule has 1 fully saturated rings. The summed E-state index contributed by atoms with van der Waals surface area (Å²) in [4.78, 5) is 25.1. The zero-order valence-corrected chi connectivity index (χ0v) is 11.9. The van der Waals surface area contributed by atoms with E-state index in [9.17, 15) is 13.8 Å². The number of benzene rings is 1. The molecule has 0 unspecified atom stereocenters. The van der Waals surface area contributed by atoms with E-state index < -0.39 is 16.8 Å². The number of amides is 1. The predicted molar refractivity (Wildman–Crippen MR) is 75.1 cm³/mol. The van der Waals surface area contributed by atoms with E-state index in [1.54, 1.807) is 17.0 Å². The summed E-state index contributed by atoms with van der Waals surface area (Å²) in [7, 11) is -1.62. The van der Waals surface area contributed by atoms with E-state index in [1.807, 2.05) is 0 Å². The Morgan fingerprint density at radius 3 is 2.45 bits per heavy atom. The lowest BCUT2D eigenvalue weighted by molar-refractivity contribution is -0.129. The predicted octanol–water partition coefficient (Wildman–Crippen LogP) is 1.50. The van der Waals surface area contributed by atoms with Crippen molar-refractivity contribution in [2.45, 2.75) is 24.2 Å². The molecule has 1 aromatic carbocycles. The fraction of sp³-hybridized carbons (Fsp3) is 0.429. The third kappa shape index (κ3) is 3.45. The van der Waals surface area contributed by atoms with Crippen LogP contribution in [0.25, 0.3) is 0 Å². The van der Waals surface area contributed by atoms with Gasteiger partial charge in [0.2, 0.25) is 5.91 Å². The van der Waals surface area contributed by atoms with Gasteiger partial charge in [-0.25, -0.2) is 4.79 Å². The van der Waals surface area contributed by atoms with E-state index in [-0.39, 0.29) is 22.1 Å². The van der Waals surface area contributed by atoms with E-state index >= 15 is 0 Å². The van der Waals surface area contributed by atoms with Crippen LogP contribution >= 0.6 is 0 Å². The maximum Gasteiger partial charge on any atom is 0.336 e. The molecule has 20 heavy (non-hydrogen) atoms. The number of hydrogen-bond donors (Lipinski definition) is 1. The molecule has 2 rings (SSSR count). The van der Waals surface area contributed by atoms with E-state index in [0.29, 0.717) is 13.1 Å². The van der Waals surface area contributed by atoms with Crippen LogP contribution in [-0.2, 0) is 15.6 Å². The third-order valence-corrected chi connectivity index (χ3v) is 4.68. The van der Waals surface area contributed by atoms with Crippen LogP contribution in [0.5, 0.6) is 0 Å². The number of carbonyl (C=O) groups is 2. The molecular formula is C14H17NO4S. The first-order valence-corrected chi connectivity index (χ1v) is 7.90. The van der Waals surface area contributed by atoms with Crippen molar-refractivity contribution in [3.8, 4) is 0 Å². The van der Waals surface area contributed by atoms with Crippen LogP contribution in [-0.4, -0.2) is 44.9 Å². The number of carboxylic acid groups (broad SMARTS) is 1. The number of carboxylic acids is 1. The molecule has 6 heteroatoms. The summed E-state index contributed by atoms with van der Waals surface area (Å²) in [6.45, 7) is 1.41. The Balaban J connectivity index is 2.08. The van der Waals surface area contributed by atoms with Crippen LogP contribution in [0.1, 0.15) is 29.6 Å². The Morgan fingerprint density at radius 2 is 1.80 bits per heavy atom. The topological polar surface area (TPSA) is 74.7 Å². The van der Waals surface area contributed by atoms with Gasteiger partial charge in [-0.1, -0.05) is 12.1 Å². The number of piperidine rings is 1. The fourth-order valence-electron chi connectivity index (χ4n) is 2.27. The number of aromatic carboxylic acids is 1. The first kappa shape index (κ1) is 14.7. The summed E-state index contributed by atoms with van der Waals surface area (Å²) in [5.41, 5.74) is -0.00252. The molecule has 0 bridgehead atoms. The highest BCUT2D eigenvalue weighted by molar-refractivity contribution is 7.85. The summed E-state index contributed by atoms with van der Waals surface area (Å²) in [6, 6.07) is 6.12. The van der Waals surface area contributed by atoms with Crippen molar-refractivity contribution in [2.24, 2.45) is 0 Å². The van der Waals surface area contributed by atoms with Crippen LogP contribution in [0, 0.1) is 0 Å². The molecular weight excluding hydrogens is 278 g/mol. The molecule has 0 saturated carbocycles. The first-order chi connectivity index (χ1) is 9.59. The monoisotopic (exact) mass is 295 g/mol. The molecule has 1 N–H and O–H groups in total. The lowest BCUT2D eigenvalue weighted by atomic mass is 10.1. The maximum atomic E-state index is 12.2. The minimum atomic E-state index is -1.62. The average Bonchev–Trinajstić information content (AvgIpc) is 2.48. The van der Waals surface area contributed by atoms with E-state index in [4.69, 9.17) is 5.11 Å². The van der Waals surface area contributed by atoms with Gasteiger partial charge >= 0.3 is 5.97 Å². The van der Waals surface area contributed by atoms with Gasteiger partial charge in [-0.05, 0) is 31.4 Å². The van der Waals surface area contributed by atoms with Crippen LogP contribution in [0.4, 0.5) is 0 Å². The quantitative estimate of drug-likeness (QED) is 0.913. The molecule has 1 aliphatic heterocycles. The summed E-state index contributed by atoms with van der Waals surface area (Å²) in [5.74, 6) is -1.44. The van der Waals surface area contributed by atoms with Gasteiger partial charge in [-0.3, -0.25) is 9.00 Å². The SMILES string of the molecule is O=C(O)c1ccccc1[S@](=O)CC(=O)N1CCCCC1. The lowest BCUT2D eigenvalue weighted by Gasteiger charge is -2.26. The minimum Gasteiger partial charge on any atom is -0.478 e. The van der Waals surface area contributed by atoms with Crippen LogP contribution in [0.15, 0.2) is 29.2 Å². The van der Waals surface area contributed by atoms with Gasteiger partial charge in [0, 0.05) is 13.1 Å². The van der Waals surface area contributed by atoms with E-state index in [1.165, 1.54) is 12.1 Å². The van der Waals surface area contributed by atoms with Crippen LogP contribution < -0.4 is 0 Å². The van der Waals surface area contributed by atoms with Gasteiger partial charge < -0.3 is 10.0 Å². The number of nitrogens with zero attached hydrogens (tertiary/aromatic N) is 1. The van der Waals surface area contributed by atoms with Crippen molar-refractivity contribution in [3.63, 3.8) is 0 Å². The summed E-state index contributed by atoms with van der Waals surface area (Å²) in [5, 5.41) is 9.07. The molecule has 0 radical (unpaired) electrons. The smallest absolute Gasteiger partial charge is 0.336 e. The normalized spacial score (nSPS) is 16.7. The molecule has 5 nitrogen and oxygen atoms in total. The van der Waals surface area contributed by atoms with Crippen molar-refractivity contribution in [3.05, 3.63) is 29.8 Å². The summed E-state index contributed by atoms with van der Waals surface area (Å²) in [6.07, 6.45) is 3.07. The minimum absolute atomic E-state index is 0.00252. The maximum absolute atomic E-state index is 12.2. The van der Waals surface area contributed by atoms with Crippen molar-refractivity contribution in [2.75, 3.05) is 18.8 Å². The molecule has 1 aliphatic rings. The average molecular weight is 295 g/mol. The van der Waals surface area contributed by atoms with Gasteiger partial charge in [0.05, 0.1) is 21.3 Å². The summed E-state index contributed by atoms with van der Waals surface area (Å²) >= 11 is 0. The van der Waals surface area contributed by atoms with Gasteiger partial charge in [0.25, 0.3) is 0 Å². The lowest BCUT2D eigenvalue weighted by Crippen LogP contribution is -2.38. The summed E-state index contributed by atoms with van der Waals surface area (Å²) < 4.78 is 12.2. The van der Waals surface area contributed by atoms with Crippen molar-refractivity contribution < 1.29 is 18.9 Å². The number of rotatable bonds is 4. The van der Waals surface area contributed by atoms with Crippen LogP contribution in [0.3, 0.4) is 0 Å². The molecule has 0 aromatic heterocycles. The van der Waals surface area contributed by atoms with E-state index in [0.717, 1.165) is 19.3 Å². The number of hydrogen-bond acceptors (Lipinski definition) is 3. The number of carbonyl (C=O) groups excluding carboxylic acids is 1. The molecule has 1 amide bonds. The molecule has 108 valence electrons.